The molecule has 24 heavy (non-hydrogen) atoms. The van der Waals surface area contributed by atoms with Crippen LogP contribution in [0, 0.1) is 0 Å². The quantitative estimate of drug-likeness (QED) is 0.355. The number of aliphatic carboxylic acids is 1. The van der Waals surface area contributed by atoms with Crippen LogP contribution in [0.2, 0.25) is 0 Å². The molecule has 5 N–H and O–H groups in total. The molecule has 10 heteroatoms. The molecule has 0 saturated carbocycles. The van der Waals surface area contributed by atoms with Crippen LogP contribution >= 0.6 is 0 Å². The van der Waals surface area contributed by atoms with Crippen molar-refractivity contribution in [3.63, 3.8) is 0 Å². The van der Waals surface area contributed by atoms with Gasteiger partial charge >= 0.3 is 5.97 Å². The van der Waals surface area contributed by atoms with Gasteiger partial charge in [-0.2, -0.15) is 0 Å². The summed E-state index contributed by atoms with van der Waals surface area (Å²) in [6.07, 6.45) is -9.45. The van der Waals surface area contributed by atoms with Crippen molar-refractivity contribution in [3.8, 4) is 0 Å². The first-order chi connectivity index (χ1) is 11.4. The smallest absolute Gasteiger partial charge is 0.335 e. The molecule has 2 saturated heterocycles. The summed E-state index contributed by atoms with van der Waals surface area (Å²) in [5, 5.41) is 48.1. The predicted octanol–water partition coefficient (Wildman–Crippen LogP) is -2.20. The lowest BCUT2D eigenvalue weighted by Crippen LogP contribution is -2.57. The van der Waals surface area contributed by atoms with Crippen LogP contribution in [0.4, 0.5) is 0 Å². The second-order valence-corrected chi connectivity index (χ2v) is 5.76. The zero-order chi connectivity index (χ0) is 17.9. The first-order valence-corrected chi connectivity index (χ1v) is 7.83. The van der Waals surface area contributed by atoms with Crippen molar-refractivity contribution in [3.05, 3.63) is 0 Å². The average Bonchev–Trinajstić information content (AvgIpc) is 2.52. The second-order valence-electron chi connectivity index (χ2n) is 5.76. The van der Waals surface area contributed by atoms with Crippen LogP contribution in [0.3, 0.4) is 0 Å². The maximum absolute atomic E-state index is 11.1. The third kappa shape index (κ3) is 4.41. The molecule has 0 bridgehead atoms. The minimum absolute atomic E-state index is 0.106. The molecule has 0 radical (unpaired) electrons. The lowest BCUT2D eigenvalue weighted by molar-refractivity contribution is -0.316. The van der Waals surface area contributed by atoms with Gasteiger partial charge in [-0.25, -0.2) is 4.79 Å². The minimum Gasteiger partial charge on any atom is -0.479 e. The van der Waals surface area contributed by atoms with Gasteiger partial charge in [-0.05, 0) is 6.92 Å². The Hall–Kier alpha value is -0.850. The van der Waals surface area contributed by atoms with Crippen molar-refractivity contribution in [2.75, 3.05) is 13.2 Å². The summed E-state index contributed by atoms with van der Waals surface area (Å²) in [4.78, 5) is 11.1. The molecule has 2 aliphatic heterocycles. The van der Waals surface area contributed by atoms with E-state index in [4.69, 9.17) is 24.1 Å². The largest absolute Gasteiger partial charge is 0.479 e. The van der Waals surface area contributed by atoms with Gasteiger partial charge in [0.05, 0.1) is 18.8 Å². The molecule has 2 fully saturated rings. The predicted molar refractivity (Wildman–Crippen MR) is 75.8 cm³/mol. The lowest BCUT2D eigenvalue weighted by atomic mass is 9.99. The van der Waals surface area contributed by atoms with E-state index in [0.29, 0.717) is 6.61 Å². The third-order valence-corrected chi connectivity index (χ3v) is 4.03. The molecule has 2 aliphatic rings. The molecule has 0 aromatic rings. The van der Waals surface area contributed by atoms with E-state index in [-0.39, 0.29) is 12.8 Å². The summed E-state index contributed by atoms with van der Waals surface area (Å²) in [5.41, 5.74) is 0. The summed E-state index contributed by atoms with van der Waals surface area (Å²) in [7, 11) is 0. The van der Waals surface area contributed by atoms with Gasteiger partial charge in [-0.3, -0.25) is 0 Å². The van der Waals surface area contributed by atoms with E-state index in [1.54, 1.807) is 6.92 Å². The number of rotatable bonds is 6. The van der Waals surface area contributed by atoms with E-state index < -0.39 is 61.8 Å². The van der Waals surface area contributed by atoms with Crippen molar-refractivity contribution in [1.82, 2.24) is 0 Å². The van der Waals surface area contributed by atoms with Crippen LogP contribution in [0.1, 0.15) is 19.8 Å². The van der Waals surface area contributed by atoms with Crippen molar-refractivity contribution >= 4 is 5.97 Å². The maximum atomic E-state index is 11.1. The van der Waals surface area contributed by atoms with Crippen LogP contribution in [-0.4, -0.2) is 93.9 Å². The Morgan fingerprint density at radius 1 is 1.12 bits per heavy atom. The fourth-order valence-electron chi connectivity index (χ4n) is 2.83. The van der Waals surface area contributed by atoms with Gasteiger partial charge in [-0.1, -0.05) is 0 Å². The number of hydrogen-bond acceptors (Lipinski definition) is 9. The van der Waals surface area contributed by atoms with Crippen LogP contribution in [0.5, 0.6) is 0 Å². The minimum atomic E-state index is -1.65. The topological polar surface area (TPSA) is 155 Å². The zero-order valence-corrected chi connectivity index (χ0v) is 13.2. The second kappa shape index (κ2) is 8.50. The van der Waals surface area contributed by atoms with Crippen molar-refractivity contribution < 1.29 is 49.3 Å². The van der Waals surface area contributed by atoms with Gasteiger partial charge in [0.25, 0.3) is 0 Å². The van der Waals surface area contributed by atoms with E-state index in [0.717, 1.165) is 0 Å². The summed E-state index contributed by atoms with van der Waals surface area (Å²) >= 11 is 0. The Morgan fingerprint density at radius 2 is 1.79 bits per heavy atom. The van der Waals surface area contributed by atoms with Gasteiger partial charge in [0.15, 0.2) is 18.7 Å². The summed E-state index contributed by atoms with van der Waals surface area (Å²) < 4.78 is 21.4. The first kappa shape index (κ1) is 19.5. The Labute approximate surface area is 138 Å². The Bertz CT molecular complexity index is 418. The Kier molecular flexibility index (Phi) is 6.89. The van der Waals surface area contributed by atoms with Crippen molar-refractivity contribution in [2.24, 2.45) is 0 Å². The molecular formula is C14H24O10. The molecule has 8 atom stereocenters. The zero-order valence-electron chi connectivity index (χ0n) is 13.2. The molecule has 2 rings (SSSR count). The molecule has 0 aromatic carbocycles. The van der Waals surface area contributed by atoms with Gasteiger partial charge in [0.1, 0.15) is 18.3 Å². The number of carboxylic acid groups (broad SMARTS) is 1. The van der Waals surface area contributed by atoms with E-state index in [1.165, 1.54) is 0 Å². The van der Waals surface area contributed by atoms with Crippen LogP contribution in [0.25, 0.3) is 0 Å². The summed E-state index contributed by atoms with van der Waals surface area (Å²) in [6, 6.07) is 0. The van der Waals surface area contributed by atoms with E-state index >= 15 is 0 Å². The molecular weight excluding hydrogens is 328 g/mol. The monoisotopic (exact) mass is 352 g/mol. The number of carboxylic acids is 1. The molecule has 0 aliphatic carbocycles. The number of ether oxygens (including phenoxy) is 4. The molecule has 0 spiro atoms. The number of carbonyl (C=O) groups is 1. The number of hydrogen-bond donors (Lipinski definition) is 5. The maximum Gasteiger partial charge on any atom is 0.335 e. The number of aliphatic hydroxyl groups excluding tert-OH is 4. The molecule has 10 nitrogen and oxygen atoms in total. The first-order valence-electron chi connectivity index (χ1n) is 7.83. The van der Waals surface area contributed by atoms with E-state index in [2.05, 4.69) is 0 Å². The molecule has 140 valence electrons. The van der Waals surface area contributed by atoms with Gasteiger partial charge in [-0.15, -0.1) is 0 Å². The molecule has 0 aromatic heterocycles. The Balaban J connectivity index is 2.01. The van der Waals surface area contributed by atoms with Crippen LogP contribution in [0.15, 0.2) is 0 Å². The molecule has 5 unspecified atom stereocenters. The highest BCUT2D eigenvalue weighted by atomic mass is 16.7. The highest BCUT2D eigenvalue weighted by Gasteiger charge is 2.45. The number of aliphatic hydroxyl groups is 4. The third-order valence-electron chi connectivity index (χ3n) is 4.03. The van der Waals surface area contributed by atoms with Crippen molar-refractivity contribution in [1.29, 1.82) is 0 Å². The normalized spacial score (nSPS) is 43.5. The fraction of sp³-hybridized carbons (Fsp3) is 0.929. The lowest BCUT2D eigenvalue weighted by Gasteiger charge is -2.42. The van der Waals surface area contributed by atoms with Gasteiger partial charge in [0.2, 0.25) is 0 Å². The fourth-order valence-corrected chi connectivity index (χ4v) is 2.83. The van der Waals surface area contributed by atoms with Crippen molar-refractivity contribution in [2.45, 2.75) is 69.0 Å². The van der Waals surface area contributed by atoms with Crippen LogP contribution in [-0.2, 0) is 23.7 Å². The Morgan fingerprint density at radius 3 is 2.38 bits per heavy atom. The van der Waals surface area contributed by atoms with E-state index in [9.17, 15) is 25.2 Å². The van der Waals surface area contributed by atoms with Gasteiger partial charge in [0, 0.05) is 19.4 Å². The highest BCUT2D eigenvalue weighted by molar-refractivity contribution is 5.73. The SMILES string of the molecule is CCO[C@@H]1CC(O)[C@H](OC2CC(O)[C@H](O)C(C(=O)O)O2)C(CO)O1. The van der Waals surface area contributed by atoms with Gasteiger partial charge < -0.3 is 44.5 Å². The van der Waals surface area contributed by atoms with E-state index in [1.807, 2.05) is 0 Å². The summed E-state index contributed by atoms with van der Waals surface area (Å²) in [6.45, 7) is 1.68. The average molecular weight is 352 g/mol. The molecule has 0 amide bonds. The standard InChI is InChI=1S/C14H24O10/c1-2-21-9-4-7(17)12(8(5-15)22-9)23-10-3-6(16)11(18)13(24-10)14(19)20/h6-13,15-18H,2-5H2,1H3,(H,19,20)/t6?,7?,8?,9-,10?,11-,12-,13?/m0/s1. The summed E-state index contributed by atoms with van der Waals surface area (Å²) in [5.74, 6) is -1.44. The molecule has 2 heterocycles. The van der Waals surface area contributed by atoms with Crippen LogP contribution < -0.4 is 0 Å². The highest BCUT2D eigenvalue weighted by Crippen LogP contribution is 2.28.